The van der Waals surface area contributed by atoms with Gasteiger partial charge in [0, 0.05) is 12.3 Å². The monoisotopic (exact) mass is 266 g/mol. The van der Waals surface area contributed by atoms with Crippen molar-refractivity contribution in [3.63, 3.8) is 0 Å². The van der Waals surface area contributed by atoms with E-state index in [0.717, 1.165) is 11.1 Å². The van der Waals surface area contributed by atoms with Gasteiger partial charge >= 0.3 is 0 Å². The maximum atomic E-state index is 12.3. The quantitative estimate of drug-likeness (QED) is 0.765. The first-order valence-electron chi connectivity index (χ1n) is 7.24. The Labute approximate surface area is 121 Å². The SMILES string of the molecule is CC(C)c1ccc(CC(=O)C(C)c2ccccc2)cc1. The van der Waals surface area contributed by atoms with Crippen LogP contribution in [0.25, 0.3) is 0 Å². The molecular formula is C19H22O. The van der Waals surface area contributed by atoms with Crippen molar-refractivity contribution in [3.8, 4) is 0 Å². The van der Waals surface area contributed by atoms with Crippen molar-refractivity contribution in [2.45, 2.75) is 39.0 Å². The van der Waals surface area contributed by atoms with Gasteiger partial charge in [-0.15, -0.1) is 0 Å². The van der Waals surface area contributed by atoms with E-state index in [1.807, 2.05) is 37.3 Å². The molecule has 0 bridgehead atoms. The van der Waals surface area contributed by atoms with E-state index < -0.39 is 0 Å². The average Bonchev–Trinajstić information content (AvgIpc) is 2.48. The minimum absolute atomic E-state index is 0.0408. The van der Waals surface area contributed by atoms with Crippen LogP contribution in [-0.4, -0.2) is 5.78 Å². The van der Waals surface area contributed by atoms with Crippen LogP contribution in [0.15, 0.2) is 54.6 Å². The molecule has 0 aliphatic heterocycles. The molecule has 1 heteroatoms. The molecule has 20 heavy (non-hydrogen) atoms. The Morgan fingerprint density at radius 2 is 1.45 bits per heavy atom. The highest BCUT2D eigenvalue weighted by molar-refractivity contribution is 5.87. The zero-order valence-corrected chi connectivity index (χ0v) is 12.5. The van der Waals surface area contributed by atoms with Crippen molar-refractivity contribution in [2.75, 3.05) is 0 Å². The number of Topliss-reactive ketones (excluding diaryl/α,β-unsaturated/α-hetero) is 1. The number of hydrogen-bond acceptors (Lipinski definition) is 1. The molecule has 1 atom stereocenters. The lowest BCUT2D eigenvalue weighted by molar-refractivity contribution is -0.119. The fourth-order valence-corrected chi connectivity index (χ4v) is 2.30. The van der Waals surface area contributed by atoms with Crippen LogP contribution in [0.2, 0.25) is 0 Å². The molecule has 2 rings (SSSR count). The highest BCUT2D eigenvalue weighted by Crippen LogP contribution is 2.19. The van der Waals surface area contributed by atoms with Crippen LogP contribution in [0.4, 0.5) is 0 Å². The zero-order chi connectivity index (χ0) is 14.5. The number of rotatable bonds is 5. The second kappa shape index (κ2) is 6.51. The average molecular weight is 266 g/mol. The Morgan fingerprint density at radius 3 is 2.00 bits per heavy atom. The smallest absolute Gasteiger partial charge is 0.144 e. The number of carbonyl (C=O) groups excluding carboxylic acids is 1. The molecular weight excluding hydrogens is 244 g/mol. The van der Waals surface area contributed by atoms with Crippen molar-refractivity contribution in [2.24, 2.45) is 0 Å². The van der Waals surface area contributed by atoms with E-state index in [-0.39, 0.29) is 11.7 Å². The van der Waals surface area contributed by atoms with Gasteiger partial charge in [0.1, 0.15) is 5.78 Å². The summed E-state index contributed by atoms with van der Waals surface area (Å²) in [4.78, 5) is 12.3. The minimum Gasteiger partial charge on any atom is -0.299 e. The third kappa shape index (κ3) is 3.57. The van der Waals surface area contributed by atoms with Crippen molar-refractivity contribution in [1.29, 1.82) is 0 Å². The lowest BCUT2D eigenvalue weighted by Crippen LogP contribution is -2.12. The summed E-state index contributed by atoms with van der Waals surface area (Å²) in [6.07, 6.45) is 0.508. The Balaban J connectivity index is 2.04. The van der Waals surface area contributed by atoms with Gasteiger partial charge in [-0.3, -0.25) is 4.79 Å². The Kier molecular flexibility index (Phi) is 4.73. The largest absolute Gasteiger partial charge is 0.299 e. The van der Waals surface area contributed by atoms with Gasteiger partial charge in [-0.25, -0.2) is 0 Å². The summed E-state index contributed by atoms with van der Waals surface area (Å²) < 4.78 is 0. The first kappa shape index (κ1) is 14.5. The summed E-state index contributed by atoms with van der Waals surface area (Å²) in [5, 5.41) is 0. The third-order valence-electron chi connectivity index (χ3n) is 3.81. The first-order chi connectivity index (χ1) is 9.58. The summed E-state index contributed by atoms with van der Waals surface area (Å²) in [7, 11) is 0. The highest BCUT2D eigenvalue weighted by Gasteiger charge is 2.15. The second-order valence-electron chi connectivity index (χ2n) is 5.67. The van der Waals surface area contributed by atoms with Gasteiger partial charge in [-0.05, 0) is 22.6 Å². The van der Waals surface area contributed by atoms with Crippen LogP contribution in [0.5, 0.6) is 0 Å². The molecule has 1 unspecified atom stereocenters. The van der Waals surface area contributed by atoms with E-state index in [0.29, 0.717) is 12.3 Å². The number of carbonyl (C=O) groups is 1. The van der Waals surface area contributed by atoms with E-state index in [1.165, 1.54) is 5.56 Å². The summed E-state index contributed by atoms with van der Waals surface area (Å²) in [5.74, 6) is 0.762. The maximum absolute atomic E-state index is 12.3. The predicted octanol–water partition coefficient (Wildman–Crippen LogP) is 4.73. The molecule has 0 saturated heterocycles. The molecule has 0 aliphatic rings. The number of ketones is 1. The fraction of sp³-hybridized carbons (Fsp3) is 0.316. The molecule has 104 valence electrons. The summed E-state index contributed by atoms with van der Waals surface area (Å²) in [6.45, 7) is 6.34. The van der Waals surface area contributed by atoms with Gasteiger partial charge in [0.25, 0.3) is 0 Å². The second-order valence-corrected chi connectivity index (χ2v) is 5.67. The molecule has 0 heterocycles. The van der Waals surface area contributed by atoms with Gasteiger partial charge in [-0.2, -0.15) is 0 Å². The van der Waals surface area contributed by atoms with Gasteiger partial charge in [-0.1, -0.05) is 75.4 Å². The van der Waals surface area contributed by atoms with E-state index in [2.05, 4.69) is 38.1 Å². The van der Waals surface area contributed by atoms with Crippen LogP contribution in [0, 0.1) is 0 Å². The lowest BCUT2D eigenvalue weighted by Gasteiger charge is -2.11. The minimum atomic E-state index is -0.0408. The van der Waals surface area contributed by atoms with Crippen LogP contribution < -0.4 is 0 Å². The van der Waals surface area contributed by atoms with Crippen molar-refractivity contribution in [1.82, 2.24) is 0 Å². The molecule has 0 fully saturated rings. The standard InChI is InChI=1S/C19H22O/c1-14(2)17-11-9-16(10-12-17)13-19(20)15(3)18-7-5-4-6-8-18/h4-12,14-15H,13H2,1-3H3. The van der Waals surface area contributed by atoms with E-state index in [9.17, 15) is 4.79 Å². The van der Waals surface area contributed by atoms with Crippen molar-refractivity contribution >= 4 is 5.78 Å². The van der Waals surface area contributed by atoms with Crippen LogP contribution in [0.1, 0.15) is 49.3 Å². The molecule has 0 saturated carbocycles. The molecule has 0 amide bonds. The Morgan fingerprint density at radius 1 is 0.850 bits per heavy atom. The highest BCUT2D eigenvalue weighted by atomic mass is 16.1. The Hall–Kier alpha value is -1.89. The predicted molar refractivity (Wildman–Crippen MR) is 84.1 cm³/mol. The summed E-state index contributed by atoms with van der Waals surface area (Å²) in [5.41, 5.74) is 3.51. The van der Waals surface area contributed by atoms with Crippen molar-refractivity contribution in [3.05, 3.63) is 71.3 Å². The Bertz CT molecular complexity index is 552. The molecule has 2 aromatic carbocycles. The molecule has 0 aliphatic carbocycles. The summed E-state index contributed by atoms with van der Waals surface area (Å²) in [6, 6.07) is 18.4. The molecule has 0 spiro atoms. The third-order valence-corrected chi connectivity index (χ3v) is 3.81. The zero-order valence-electron chi connectivity index (χ0n) is 12.5. The maximum Gasteiger partial charge on any atom is 0.144 e. The number of hydrogen-bond donors (Lipinski definition) is 0. The first-order valence-corrected chi connectivity index (χ1v) is 7.24. The topological polar surface area (TPSA) is 17.1 Å². The molecule has 0 radical (unpaired) electrons. The van der Waals surface area contributed by atoms with Gasteiger partial charge in [0.05, 0.1) is 0 Å². The number of benzene rings is 2. The van der Waals surface area contributed by atoms with Crippen LogP contribution in [0.3, 0.4) is 0 Å². The van der Waals surface area contributed by atoms with E-state index in [4.69, 9.17) is 0 Å². The van der Waals surface area contributed by atoms with E-state index >= 15 is 0 Å². The van der Waals surface area contributed by atoms with E-state index in [1.54, 1.807) is 0 Å². The van der Waals surface area contributed by atoms with Gasteiger partial charge < -0.3 is 0 Å². The van der Waals surface area contributed by atoms with Crippen LogP contribution >= 0.6 is 0 Å². The molecule has 2 aromatic rings. The molecule has 0 aromatic heterocycles. The normalized spacial score (nSPS) is 12.4. The van der Waals surface area contributed by atoms with Crippen LogP contribution in [-0.2, 0) is 11.2 Å². The molecule has 0 N–H and O–H groups in total. The van der Waals surface area contributed by atoms with Gasteiger partial charge in [0.2, 0.25) is 0 Å². The van der Waals surface area contributed by atoms with Crippen molar-refractivity contribution < 1.29 is 4.79 Å². The molecule has 1 nitrogen and oxygen atoms in total. The fourth-order valence-electron chi connectivity index (χ4n) is 2.30. The lowest BCUT2D eigenvalue weighted by atomic mass is 9.92. The summed E-state index contributed by atoms with van der Waals surface area (Å²) >= 11 is 0. The van der Waals surface area contributed by atoms with Gasteiger partial charge in [0.15, 0.2) is 0 Å².